The quantitative estimate of drug-likeness (QED) is 0.616. The maximum absolute atomic E-state index is 2.99. The number of hydrogen-bond acceptors (Lipinski definition) is 2. The Morgan fingerprint density at radius 2 is 2.20 bits per heavy atom. The fourth-order valence-electron chi connectivity index (χ4n) is 0.711. The first-order valence-electron chi connectivity index (χ1n) is 3.01. The second kappa shape index (κ2) is 3.78. The number of benzene rings is 1. The lowest BCUT2D eigenvalue weighted by Crippen LogP contribution is -2.14. The second-order valence-electron chi connectivity index (χ2n) is 1.89. The first-order chi connectivity index (χ1) is 4.83. The molecule has 1 aromatic carbocycles. The lowest BCUT2D eigenvalue weighted by atomic mass is 10.3. The van der Waals surface area contributed by atoms with Crippen LogP contribution >= 0.6 is 22.6 Å². The van der Waals surface area contributed by atoms with Crippen LogP contribution in [0.15, 0.2) is 24.3 Å². The normalized spacial score (nSPS) is 9.40. The fraction of sp³-hybridized carbons (Fsp3) is 0.143. The molecule has 2 N–H and O–H groups in total. The fourth-order valence-corrected chi connectivity index (χ4v) is 1.25. The summed E-state index contributed by atoms with van der Waals surface area (Å²) < 4.78 is 1.23. The highest BCUT2D eigenvalue weighted by molar-refractivity contribution is 14.1. The summed E-state index contributed by atoms with van der Waals surface area (Å²) in [6.07, 6.45) is 0. The molecule has 0 fully saturated rings. The third kappa shape index (κ3) is 2.15. The largest absolute Gasteiger partial charge is 0.322 e. The van der Waals surface area contributed by atoms with Crippen LogP contribution in [-0.2, 0) is 0 Å². The molecule has 54 valence electrons. The van der Waals surface area contributed by atoms with Crippen LogP contribution < -0.4 is 10.9 Å². The SMILES string of the molecule is CNNc1cccc(I)c1. The van der Waals surface area contributed by atoms with Crippen LogP contribution in [0.3, 0.4) is 0 Å². The van der Waals surface area contributed by atoms with Crippen LogP contribution in [0.1, 0.15) is 0 Å². The van der Waals surface area contributed by atoms with Crippen molar-refractivity contribution in [3.8, 4) is 0 Å². The van der Waals surface area contributed by atoms with Crippen molar-refractivity contribution in [3.05, 3.63) is 27.8 Å². The molecule has 0 spiro atoms. The highest BCUT2D eigenvalue weighted by Crippen LogP contribution is 2.10. The molecule has 0 aliphatic carbocycles. The van der Waals surface area contributed by atoms with Crippen LogP contribution in [0.25, 0.3) is 0 Å². The van der Waals surface area contributed by atoms with Gasteiger partial charge in [-0.2, -0.15) is 0 Å². The molecule has 10 heavy (non-hydrogen) atoms. The molecule has 0 radical (unpaired) electrons. The van der Waals surface area contributed by atoms with E-state index in [1.54, 1.807) is 0 Å². The maximum atomic E-state index is 2.99. The number of anilines is 1. The molecular weight excluding hydrogens is 239 g/mol. The molecule has 0 aliphatic heterocycles. The van der Waals surface area contributed by atoms with Crippen LogP contribution in [0.2, 0.25) is 0 Å². The van der Waals surface area contributed by atoms with E-state index < -0.39 is 0 Å². The Kier molecular flexibility index (Phi) is 2.95. The molecule has 2 nitrogen and oxygen atoms in total. The lowest BCUT2D eigenvalue weighted by Gasteiger charge is -2.02. The molecule has 0 aliphatic rings. The van der Waals surface area contributed by atoms with Gasteiger partial charge in [-0.1, -0.05) is 6.07 Å². The summed E-state index contributed by atoms with van der Waals surface area (Å²) in [4.78, 5) is 0. The van der Waals surface area contributed by atoms with Gasteiger partial charge in [0, 0.05) is 16.3 Å². The number of rotatable bonds is 2. The molecule has 3 heteroatoms. The molecule has 1 rings (SSSR count). The highest BCUT2D eigenvalue weighted by Gasteiger charge is 1.88. The molecule has 0 amide bonds. The van der Waals surface area contributed by atoms with Crippen molar-refractivity contribution in [1.29, 1.82) is 0 Å². The smallest absolute Gasteiger partial charge is 0.0497 e. The first kappa shape index (κ1) is 7.81. The Balaban J connectivity index is 2.75. The first-order valence-corrected chi connectivity index (χ1v) is 4.09. The Morgan fingerprint density at radius 1 is 1.40 bits per heavy atom. The zero-order valence-electron chi connectivity index (χ0n) is 5.69. The Labute approximate surface area is 74.1 Å². The number of halogens is 1. The van der Waals surface area contributed by atoms with Crippen molar-refractivity contribution < 1.29 is 0 Å². The third-order valence-corrected chi connectivity index (χ3v) is 1.76. The van der Waals surface area contributed by atoms with Crippen LogP contribution in [0, 0.1) is 3.57 Å². The Morgan fingerprint density at radius 3 is 2.80 bits per heavy atom. The minimum Gasteiger partial charge on any atom is -0.322 e. The van der Waals surface area contributed by atoms with E-state index in [2.05, 4.69) is 45.6 Å². The van der Waals surface area contributed by atoms with Gasteiger partial charge in [-0.15, -0.1) is 0 Å². The van der Waals surface area contributed by atoms with Gasteiger partial charge in [0.05, 0.1) is 0 Å². The van der Waals surface area contributed by atoms with Crippen LogP contribution in [0.4, 0.5) is 5.69 Å². The molecule has 0 atom stereocenters. The van der Waals surface area contributed by atoms with E-state index in [-0.39, 0.29) is 0 Å². The lowest BCUT2D eigenvalue weighted by molar-refractivity contribution is 0.984. The summed E-state index contributed by atoms with van der Waals surface area (Å²) in [6.45, 7) is 0. The predicted octanol–water partition coefficient (Wildman–Crippen LogP) is 1.84. The van der Waals surface area contributed by atoms with E-state index in [0.29, 0.717) is 0 Å². The van der Waals surface area contributed by atoms with Crippen molar-refractivity contribution in [3.63, 3.8) is 0 Å². The second-order valence-corrected chi connectivity index (χ2v) is 3.13. The number of hydrogen-bond donors (Lipinski definition) is 2. The summed E-state index contributed by atoms with van der Waals surface area (Å²) in [7, 11) is 1.85. The topological polar surface area (TPSA) is 24.1 Å². The third-order valence-electron chi connectivity index (χ3n) is 1.09. The van der Waals surface area contributed by atoms with Gasteiger partial charge >= 0.3 is 0 Å². The van der Waals surface area contributed by atoms with Gasteiger partial charge in [-0.3, -0.25) is 0 Å². The summed E-state index contributed by atoms with van der Waals surface area (Å²) in [5.41, 5.74) is 6.94. The maximum Gasteiger partial charge on any atom is 0.0497 e. The van der Waals surface area contributed by atoms with Crippen LogP contribution in [-0.4, -0.2) is 7.05 Å². The number of nitrogens with one attached hydrogen (secondary N) is 2. The predicted molar refractivity (Wildman–Crippen MR) is 51.8 cm³/mol. The standard InChI is InChI=1S/C7H9IN2/c1-9-10-7-4-2-3-6(8)5-7/h2-5,9-10H,1H3. The van der Waals surface area contributed by atoms with Gasteiger partial charge in [-0.05, 0) is 40.8 Å². The van der Waals surface area contributed by atoms with Crippen molar-refractivity contribution in [1.82, 2.24) is 5.43 Å². The molecule has 0 heterocycles. The summed E-state index contributed by atoms with van der Waals surface area (Å²) in [5, 5.41) is 0. The van der Waals surface area contributed by atoms with E-state index >= 15 is 0 Å². The van der Waals surface area contributed by atoms with Gasteiger partial charge in [0.2, 0.25) is 0 Å². The highest BCUT2D eigenvalue weighted by atomic mass is 127. The monoisotopic (exact) mass is 248 g/mol. The van der Waals surface area contributed by atoms with Gasteiger partial charge in [-0.25, -0.2) is 5.43 Å². The van der Waals surface area contributed by atoms with E-state index in [1.807, 2.05) is 19.2 Å². The minimum absolute atomic E-state index is 1.09. The van der Waals surface area contributed by atoms with Gasteiger partial charge in [0.1, 0.15) is 0 Å². The van der Waals surface area contributed by atoms with Gasteiger partial charge < -0.3 is 5.43 Å². The molecular formula is C7H9IN2. The average molecular weight is 248 g/mol. The summed E-state index contributed by atoms with van der Waals surface area (Å²) in [6, 6.07) is 8.15. The Bertz CT molecular complexity index is 213. The van der Waals surface area contributed by atoms with E-state index in [4.69, 9.17) is 0 Å². The van der Waals surface area contributed by atoms with Gasteiger partial charge in [0.15, 0.2) is 0 Å². The number of hydrazine groups is 1. The van der Waals surface area contributed by atoms with E-state index in [0.717, 1.165) is 5.69 Å². The van der Waals surface area contributed by atoms with Crippen LogP contribution in [0.5, 0.6) is 0 Å². The average Bonchev–Trinajstić information content (AvgIpc) is 1.88. The zero-order valence-corrected chi connectivity index (χ0v) is 7.84. The summed E-state index contributed by atoms with van der Waals surface area (Å²) in [5.74, 6) is 0. The van der Waals surface area contributed by atoms with Gasteiger partial charge in [0.25, 0.3) is 0 Å². The molecule has 0 bridgehead atoms. The molecule has 0 saturated heterocycles. The van der Waals surface area contributed by atoms with Crippen molar-refractivity contribution in [2.45, 2.75) is 0 Å². The summed E-state index contributed by atoms with van der Waals surface area (Å²) >= 11 is 2.28. The molecule has 0 unspecified atom stereocenters. The van der Waals surface area contributed by atoms with E-state index in [1.165, 1.54) is 3.57 Å². The van der Waals surface area contributed by atoms with Crippen molar-refractivity contribution in [2.75, 3.05) is 12.5 Å². The molecule has 1 aromatic rings. The zero-order chi connectivity index (χ0) is 7.40. The molecule has 0 aromatic heterocycles. The Hall–Kier alpha value is -0.290. The van der Waals surface area contributed by atoms with Crippen molar-refractivity contribution in [2.24, 2.45) is 0 Å². The minimum atomic E-state index is 1.09. The molecule has 0 saturated carbocycles. The van der Waals surface area contributed by atoms with E-state index in [9.17, 15) is 0 Å². The van der Waals surface area contributed by atoms with Crippen molar-refractivity contribution >= 4 is 28.3 Å².